The number of benzene rings is 1. The number of imidazole rings is 1. The van der Waals surface area contributed by atoms with Crippen LogP contribution >= 0.6 is 0 Å². The Kier molecular flexibility index (Phi) is 2.52. The van der Waals surface area contributed by atoms with Crippen molar-refractivity contribution in [3.63, 3.8) is 0 Å². The summed E-state index contributed by atoms with van der Waals surface area (Å²) in [7, 11) is 1.41. The molecule has 1 aromatic carbocycles. The molecule has 0 radical (unpaired) electrons. The number of nitrogens with two attached hydrogens (primary N) is 1. The summed E-state index contributed by atoms with van der Waals surface area (Å²) in [4.78, 5) is 15.2. The SMILES string of the molecule is COc1cc(-c2nc3ncnc(N)c3[nH]2)ccc1F. The predicted octanol–water partition coefficient (Wildman–Crippen LogP) is 1.75. The van der Waals surface area contributed by atoms with E-state index < -0.39 is 5.82 Å². The maximum Gasteiger partial charge on any atom is 0.183 e. The van der Waals surface area contributed by atoms with E-state index >= 15 is 0 Å². The van der Waals surface area contributed by atoms with Crippen LogP contribution in [-0.2, 0) is 0 Å². The minimum atomic E-state index is -0.429. The smallest absolute Gasteiger partial charge is 0.183 e. The lowest BCUT2D eigenvalue weighted by Crippen LogP contribution is -1.91. The molecule has 0 fully saturated rings. The molecule has 6 nitrogen and oxygen atoms in total. The Balaban J connectivity index is 2.16. The normalized spacial score (nSPS) is 10.8. The second-order valence-corrected chi connectivity index (χ2v) is 3.89. The third-order valence-electron chi connectivity index (χ3n) is 2.74. The third kappa shape index (κ3) is 1.85. The van der Waals surface area contributed by atoms with Crippen molar-refractivity contribution < 1.29 is 9.13 Å². The molecule has 7 heteroatoms. The zero-order valence-electron chi connectivity index (χ0n) is 10.0. The Morgan fingerprint density at radius 2 is 2.16 bits per heavy atom. The minimum Gasteiger partial charge on any atom is -0.494 e. The number of anilines is 1. The van der Waals surface area contributed by atoms with Crippen LogP contribution in [0.3, 0.4) is 0 Å². The van der Waals surface area contributed by atoms with Crippen LogP contribution in [-0.4, -0.2) is 27.0 Å². The van der Waals surface area contributed by atoms with Gasteiger partial charge in [0.05, 0.1) is 7.11 Å². The number of ether oxygens (including phenoxy) is 1. The van der Waals surface area contributed by atoms with Gasteiger partial charge < -0.3 is 15.5 Å². The van der Waals surface area contributed by atoms with Gasteiger partial charge in [-0.15, -0.1) is 0 Å². The maximum absolute atomic E-state index is 13.4. The summed E-state index contributed by atoms with van der Waals surface area (Å²) in [5.41, 5.74) is 7.42. The molecule has 96 valence electrons. The number of halogens is 1. The van der Waals surface area contributed by atoms with Crippen molar-refractivity contribution in [1.82, 2.24) is 19.9 Å². The first-order chi connectivity index (χ1) is 9.19. The number of fused-ring (bicyclic) bond motifs is 1. The molecule has 3 aromatic rings. The summed E-state index contributed by atoms with van der Waals surface area (Å²) in [5.74, 6) is 0.567. The summed E-state index contributed by atoms with van der Waals surface area (Å²) >= 11 is 0. The van der Waals surface area contributed by atoms with E-state index in [1.807, 2.05) is 0 Å². The summed E-state index contributed by atoms with van der Waals surface area (Å²) < 4.78 is 18.3. The molecule has 0 aliphatic heterocycles. The van der Waals surface area contributed by atoms with Crippen molar-refractivity contribution in [2.24, 2.45) is 0 Å². The fourth-order valence-electron chi connectivity index (χ4n) is 1.79. The molecule has 0 atom stereocenters. The van der Waals surface area contributed by atoms with Crippen LogP contribution in [0.15, 0.2) is 24.5 Å². The molecule has 0 aliphatic rings. The first kappa shape index (κ1) is 11.4. The molecule has 0 saturated carbocycles. The number of H-pyrrole nitrogens is 1. The van der Waals surface area contributed by atoms with Crippen molar-refractivity contribution in [2.75, 3.05) is 12.8 Å². The standard InChI is InChI=1S/C12H10FN5O/c1-19-8-4-6(2-3-7(8)13)11-17-9-10(14)15-5-16-12(9)18-11/h2-5H,1H3,(H3,14,15,16,17,18). The Morgan fingerprint density at radius 3 is 2.89 bits per heavy atom. The molecule has 0 bridgehead atoms. The summed E-state index contributed by atoms with van der Waals surface area (Å²) in [6.45, 7) is 0. The van der Waals surface area contributed by atoms with E-state index in [9.17, 15) is 4.39 Å². The van der Waals surface area contributed by atoms with Crippen LogP contribution in [0.2, 0.25) is 0 Å². The highest BCUT2D eigenvalue weighted by Gasteiger charge is 2.11. The Labute approximate surface area is 107 Å². The van der Waals surface area contributed by atoms with Gasteiger partial charge in [0.15, 0.2) is 23.0 Å². The van der Waals surface area contributed by atoms with E-state index in [0.29, 0.717) is 28.4 Å². The second-order valence-electron chi connectivity index (χ2n) is 3.89. The molecule has 0 aliphatic carbocycles. The quantitative estimate of drug-likeness (QED) is 0.731. The molecule has 2 heterocycles. The van der Waals surface area contributed by atoms with Crippen LogP contribution in [0.5, 0.6) is 5.75 Å². The average molecular weight is 259 g/mol. The molecule has 3 rings (SSSR count). The fourth-order valence-corrected chi connectivity index (χ4v) is 1.79. The first-order valence-corrected chi connectivity index (χ1v) is 5.49. The average Bonchev–Trinajstić information content (AvgIpc) is 2.85. The number of aromatic nitrogens is 4. The van der Waals surface area contributed by atoms with E-state index in [1.54, 1.807) is 12.1 Å². The van der Waals surface area contributed by atoms with E-state index in [4.69, 9.17) is 10.5 Å². The fraction of sp³-hybridized carbons (Fsp3) is 0.0833. The van der Waals surface area contributed by atoms with Gasteiger partial charge in [0.25, 0.3) is 0 Å². The van der Waals surface area contributed by atoms with Crippen LogP contribution in [0.4, 0.5) is 10.2 Å². The number of nitrogens with one attached hydrogen (secondary N) is 1. The Morgan fingerprint density at radius 1 is 1.32 bits per heavy atom. The van der Waals surface area contributed by atoms with Crippen LogP contribution in [0.1, 0.15) is 0 Å². The van der Waals surface area contributed by atoms with E-state index in [2.05, 4.69) is 19.9 Å². The molecule has 19 heavy (non-hydrogen) atoms. The first-order valence-electron chi connectivity index (χ1n) is 5.49. The van der Waals surface area contributed by atoms with Gasteiger partial charge in [-0.2, -0.15) is 0 Å². The van der Waals surface area contributed by atoms with E-state index in [-0.39, 0.29) is 5.75 Å². The van der Waals surface area contributed by atoms with Crippen LogP contribution in [0, 0.1) is 5.82 Å². The largest absolute Gasteiger partial charge is 0.494 e. The third-order valence-corrected chi connectivity index (χ3v) is 2.74. The van der Waals surface area contributed by atoms with Crippen molar-refractivity contribution in [3.8, 4) is 17.1 Å². The number of rotatable bonds is 2. The monoisotopic (exact) mass is 259 g/mol. The van der Waals surface area contributed by atoms with Crippen LogP contribution < -0.4 is 10.5 Å². The molecule has 0 spiro atoms. The molecule has 3 N–H and O–H groups in total. The van der Waals surface area contributed by atoms with Gasteiger partial charge in [-0.1, -0.05) is 0 Å². The Bertz CT molecular complexity index is 755. The van der Waals surface area contributed by atoms with Gasteiger partial charge in [-0.05, 0) is 18.2 Å². The van der Waals surface area contributed by atoms with Crippen molar-refractivity contribution >= 4 is 17.0 Å². The van der Waals surface area contributed by atoms with Gasteiger partial charge in [-0.3, -0.25) is 0 Å². The van der Waals surface area contributed by atoms with Gasteiger partial charge in [0.1, 0.15) is 17.7 Å². The molecule has 0 amide bonds. The van der Waals surface area contributed by atoms with Crippen molar-refractivity contribution in [3.05, 3.63) is 30.3 Å². The predicted molar refractivity (Wildman–Crippen MR) is 68.0 cm³/mol. The second kappa shape index (κ2) is 4.20. The van der Waals surface area contributed by atoms with E-state index in [0.717, 1.165) is 0 Å². The number of hydrogen-bond donors (Lipinski definition) is 2. The van der Waals surface area contributed by atoms with Gasteiger partial charge in [0, 0.05) is 5.56 Å². The van der Waals surface area contributed by atoms with Gasteiger partial charge >= 0.3 is 0 Å². The summed E-state index contributed by atoms with van der Waals surface area (Å²) in [5, 5.41) is 0. The zero-order valence-corrected chi connectivity index (χ0v) is 10.0. The van der Waals surface area contributed by atoms with Crippen molar-refractivity contribution in [1.29, 1.82) is 0 Å². The summed E-state index contributed by atoms with van der Waals surface area (Å²) in [6.07, 6.45) is 1.34. The molecule has 2 aromatic heterocycles. The topological polar surface area (TPSA) is 89.7 Å². The highest BCUT2D eigenvalue weighted by Crippen LogP contribution is 2.26. The minimum absolute atomic E-state index is 0.150. The van der Waals surface area contributed by atoms with Gasteiger partial charge in [-0.25, -0.2) is 19.3 Å². The number of hydrogen-bond acceptors (Lipinski definition) is 5. The van der Waals surface area contributed by atoms with Crippen molar-refractivity contribution in [2.45, 2.75) is 0 Å². The molecular weight excluding hydrogens is 249 g/mol. The highest BCUT2D eigenvalue weighted by atomic mass is 19.1. The number of aromatic amines is 1. The zero-order chi connectivity index (χ0) is 13.4. The number of methoxy groups -OCH3 is 1. The lowest BCUT2D eigenvalue weighted by molar-refractivity contribution is 0.387. The highest BCUT2D eigenvalue weighted by molar-refractivity contribution is 5.84. The number of nitrogen functional groups attached to an aromatic ring is 1. The molecular formula is C12H10FN5O. The van der Waals surface area contributed by atoms with Crippen LogP contribution in [0.25, 0.3) is 22.6 Å². The molecule has 0 saturated heterocycles. The van der Waals surface area contributed by atoms with Gasteiger partial charge in [0.2, 0.25) is 0 Å². The lowest BCUT2D eigenvalue weighted by atomic mass is 10.2. The summed E-state index contributed by atoms with van der Waals surface area (Å²) in [6, 6.07) is 4.46. The lowest BCUT2D eigenvalue weighted by Gasteiger charge is -2.03. The maximum atomic E-state index is 13.4. The van der Waals surface area contributed by atoms with E-state index in [1.165, 1.54) is 19.5 Å². The molecule has 0 unspecified atom stereocenters. The number of nitrogens with zero attached hydrogens (tertiary/aromatic N) is 3. The Hall–Kier alpha value is -2.70.